The first kappa shape index (κ1) is 48.4. The molecule has 4 aromatic rings. The second-order valence-electron chi connectivity index (χ2n) is 32.4. The van der Waals surface area contributed by atoms with Gasteiger partial charge in [0.15, 0.2) is 46.0 Å². The summed E-state index contributed by atoms with van der Waals surface area (Å²) >= 11 is 0. The normalized spacial score (nSPS) is 35.9. The molecule has 24 nitrogen and oxygen atoms in total. The minimum Gasteiger partial charge on any atom is -0.493 e. The lowest BCUT2D eigenvalue weighted by molar-refractivity contribution is -0.161. The molecule has 0 radical (unpaired) electrons. The van der Waals surface area contributed by atoms with E-state index in [9.17, 15) is 24.7 Å². The number of rotatable bonds is 28. The largest absolute Gasteiger partial charge is 0.493 e. The Morgan fingerprint density at radius 1 is 0.367 bits per heavy atom. The molecule has 12 unspecified atom stereocenters. The number of esters is 4. The van der Waals surface area contributed by atoms with Gasteiger partial charge in [0.05, 0.1) is 86.9 Å². The van der Waals surface area contributed by atoms with Gasteiger partial charge in [0.2, 0.25) is 0 Å². The van der Waals surface area contributed by atoms with Crippen molar-refractivity contribution >= 4 is 23.9 Å². The van der Waals surface area contributed by atoms with E-state index in [0.717, 1.165) is 0 Å². The Morgan fingerprint density at radius 3 is 0.900 bits per heavy atom. The highest BCUT2D eigenvalue weighted by atomic mass is 16.6. The summed E-state index contributed by atoms with van der Waals surface area (Å²) in [5, 5.41) is 0. The molecular weight excluding hydrogens is 1520 g/mol. The minimum absolute atomic E-state index is 0.0240. The van der Waals surface area contributed by atoms with E-state index in [0.29, 0.717) is 81.4 Å². The summed E-state index contributed by atoms with van der Waals surface area (Å²) in [6.07, 6.45) is -6.18. The maximum absolute atomic E-state index is 13.5. The van der Waals surface area contributed by atoms with Gasteiger partial charge < -0.3 is 79.8 Å². The molecule has 4 fully saturated rings. The van der Waals surface area contributed by atoms with Crippen LogP contribution in [-0.2, 0) is 63.8 Å². The van der Waals surface area contributed by atoms with E-state index in [1.807, 2.05) is 75.0 Å². The average molecular weight is 1720 g/mol. The van der Waals surface area contributed by atoms with Crippen LogP contribution < -0.4 is 60.8 Å². The molecule has 24 heteroatoms. The number of carbonyl (C=O) groups is 4. The van der Waals surface area contributed by atoms with Crippen LogP contribution in [-0.4, -0.2) is 201 Å². The molecule has 0 saturated carbocycles. The highest BCUT2D eigenvalue weighted by Gasteiger charge is 2.47. The molecular formula is C96H152N8O16. The van der Waals surface area contributed by atoms with Crippen molar-refractivity contribution in [1.29, 1.82) is 0 Å². The summed E-state index contributed by atoms with van der Waals surface area (Å²) in [6.45, 7) is -12.2. The van der Waals surface area contributed by atoms with Gasteiger partial charge in [-0.1, -0.05) is 110 Å². The van der Waals surface area contributed by atoms with Crippen LogP contribution in [0.3, 0.4) is 0 Å². The number of piperidine rings is 4. The van der Waals surface area contributed by atoms with Crippen LogP contribution in [0, 0.1) is 70.9 Å². The molecule has 0 aromatic heterocycles. The summed E-state index contributed by atoms with van der Waals surface area (Å²) in [7, 11) is 1.87. The van der Waals surface area contributed by atoms with Gasteiger partial charge in [-0.3, -0.25) is 38.8 Å². The molecule has 0 aliphatic carbocycles. The Labute approximate surface area is 789 Å². The second kappa shape index (κ2) is 43.9. The summed E-state index contributed by atoms with van der Waals surface area (Å²) in [5.41, 5.74) is 25.5. The van der Waals surface area contributed by atoms with Gasteiger partial charge in [0.1, 0.15) is 48.4 Å². The zero-order valence-corrected chi connectivity index (χ0v) is 70.7. The quantitative estimate of drug-likeness (QED) is 0.0303. The first-order valence-electron chi connectivity index (χ1n) is 64.9. The number of hydrogen-bond acceptors (Lipinski definition) is 24. The number of hydrogen-bond donors (Lipinski definition) is 4. The van der Waals surface area contributed by atoms with Crippen LogP contribution in [0.15, 0.2) is 48.3 Å². The molecule has 0 spiro atoms. The predicted octanol–water partition coefficient (Wildman–Crippen LogP) is 14.3. The predicted molar refractivity (Wildman–Crippen MR) is 471 cm³/mol. The molecule has 0 bridgehead atoms. The van der Waals surface area contributed by atoms with Crippen LogP contribution in [0.2, 0.25) is 0 Å². The van der Waals surface area contributed by atoms with E-state index < -0.39 is 224 Å². The monoisotopic (exact) mass is 1720 g/mol. The van der Waals surface area contributed by atoms with Gasteiger partial charge in [-0.15, -0.1) is 0 Å². The molecule has 8 heterocycles. The number of carbonyl (C=O) groups excluding carboxylic acids is 4. The molecule has 12 rings (SSSR count). The number of methoxy groups -OCH3 is 8. The number of nitrogens with zero attached hydrogens (tertiary/aromatic N) is 4. The van der Waals surface area contributed by atoms with Crippen molar-refractivity contribution in [3.05, 3.63) is 92.8 Å². The number of benzene rings is 4. The zero-order valence-electron chi connectivity index (χ0n) is 121. The first-order chi connectivity index (χ1) is 76.6. The summed E-state index contributed by atoms with van der Waals surface area (Å²) < 4.78 is 468. The van der Waals surface area contributed by atoms with Crippen molar-refractivity contribution in [2.75, 3.05) is 109 Å². The van der Waals surface area contributed by atoms with Crippen LogP contribution in [0.5, 0.6) is 46.0 Å². The topological polar surface area (TPSA) is 296 Å². The molecule has 4 aromatic carbocycles. The van der Waals surface area contributed by atoms with Crippen LogP contribution >= 0.6 is 0 Å². The van der Waals surface area contributed by atoms with E-state index in [4.69, 9.17) is 143 Å². The fourth-order valence-corrected chi connectivity index (χ4v) is 16.8. The maximum atomic E-state index is 13.5. The van der Waals surface area contributed by atoms with E-state index in [-0.39, 0.29) is 199 Å². The van der Waals surface area contributed by atoms with Gasteiger partial charge in [0, 0.05) is 164 Å². The molecule has 8 N–H and O–H groups in total. The van der Waals surface area contributed by atoms with Crippen molar-refractivity contribution in [2.45, 2.75) is 260 Å². The third kappa shape index (κ3) is 23.8. The zero-order chi connectivity index (χ0) is 131. The lowest BCUT2D eigenvalue weighted by Gasteiger charge is -2.47. The Kier molecular flexibility index (Phi) is 17.7. The molecule has 8 aliphatic heterocycles. The van der Waals surface area contributed by atoms with Gasteiger partial charge >= 0.3 is 23.9 Å². The minimum atomic E-state index is -3.81. The molecule has 672 valence electrons. The number of fused-ring (bicyclic) bond motifs is 12. The van der Waals surface area contributed by atoms with Crippen LogP contribution in [0.4, 0.5) is 0 Å². The summed E-state index contributed by atoms with van der Waals surface area (Å²) in [5.74, 6) is -26.2. The van der Waals surface area contributed by atoms with Gasteiger partial charge in [0.25, 0.3) is 0 Å². The van der Waals surface area contributed by atoms with E-state index in [1.165, 1.54) is 42.7 Å². The van der Waals surface area contributed by atoms with Crippen molar-refractivity contribution < 1.29 is 145 Å². The van der Waals surface area contributed by atoms with E-state index >= 15 is 0 Å². The molecule has 16 atom stereocenters. The third-order valence-electron chi connectivity index (χ3n) is 22.4. The number of nitrogens with two attached hydrogens (primary N) is 4. The number of ether oxygens (including phenoxy) is 12. The van der Waals surface area contributed by atoms with Gasteiger partial charge in [-0.05, 0) is 191 Å². The van der Waals surface area contributed by atoms with Crippen molar-refractivity contribution in [1.82, 2.24) is 19.6 Å². The van der Waals surface area contributed by atoms with Gasteiger partial charge in [-0.25, -0.2) is 0 Å². The lowest BCUT2D eigenvalue weighted by Crippen LogP contribution is -2.51. The van der Waals surface area contributed by atoms with E-state index in [2.05, 4.69) is 0 Å². The highest BCUT2D eigenvalue weighted by Crippen LogP contribution is 2.50. The SMILES string of the molecule is [2H]c1c2c(c([2H])c(OC)c1OC([2H])([2H])[2H])C1CC([2H])(OC(=O)[C@@]([2H])(N)C([2H])(C([2H])([2H])[2H])C([2H])([2H])[2H])C(CC(C)C)CN1CC2.[2H]c1c2c(c([2H])c(OC)c1OC([2H])([2H])[2H])C1CC([2H])(OC(=O)[C@@]([2H])(N)C([2H])(C([2H])([2H])[2H])C([2H])([2H])[2H])C(CC(C)C)CN1CC2.[2H]c1c2c(c([2H])c(OC)c1OC)C1([2H])CC(OC(=O)[C@@]([2H])(N)C([2H])(C([2H])([2H])[2H])C([2H])([2H])[2H])C(CC(C)C)CN1CC2.[2H]c1c2c(c([2H])c(OC)c1OC)C1CC([2H])(OC(=O)[C@@]([2H])(N)C([2H])(C([2H])([2H])[2H])C([2H])([2H])[2H])C(CC(C)C)CN1CC2. The van der Waals surface area contributed by atoms with Crippen molar-refractivity contribution in [3.63, 3.8) is 0 Å². The standard InChI is InChI=1S/4C24H38N2O4/c4*1-14(2)9-17-13-26-8-7-16-10-21(28-5)22(29-6)11-18(16)19(26)12-20(17)30-24(27)23(25)15(3)4/h4*10-11,14-15,17,19-20,23H,7-9,12-13,25H2,1-6H3/t4*17?,19?,20?,23-/m0000/s1/i2*3D3,4D3,5D3,10D,11D,15D,20D,23D;3D3,4D3,10D,11D,15D,20D,23D;3D3,4D3,10D,11D,15D,19D,23D. The maximum Gasteiger partial charge on any atom is 0.323 e. The Bertz CT molecular complexity index is 6110. The molecule has 8 aliphatic rings. The first-order valence-corrected chi connectivity index (χ1v) is 39.9. The van der Waals surface area contributed by atoms with Crippen molar-refractivity contribution in [3.8, 4) is 46.0 Å². The van der Waals surface area contributed by atoms with Gasteiger partial charge in [-0.2, -0.15) is 0 Å². The molecule has 120 heavy (non-hydrogen) atoms. The fourth-order valence-electron chi connectivity index (χ4n) is 16.8. The molecule has 4 saturated heterocycles. The molecule has 0 amide bonds. The Morgan fingerprint density at radius 2 is 0.617 bits per heavy atom. The van der Waals surface area contributed by atoms with Crippen LogP contribution in [0.1, 0.15) is 299 Å². The Balaban J connectivity index is 0.000000249. The highest BCUT2D eigenvalue weighted by molar-refractivity contribution is 5.77. The second-order valence-corrected chi connectivity index (χ2v) is 32.4. The smallest absolute Gasteiger partial charge is 0.323 e. The average Bonchev–Trinajstić information content (AvgIpc) is 0.709. The third-order valence-corrected chi connectivity index (χ3v) is 22.4. The lowest BCUT2D eigenvalue weighted by atomic mass is 9.79. The fraction of sp³-hybridized carbons (Fsp3) is 0.708. The van der Waals surface area contributed by atoms with Crippen molar-refractivity contribution in [2.24, 2.45) is 93.9 Å². The van der Waals surface area contributed by atoms with E-state index in [1.54, 1.807) is 0 Å². The summed E-state index contributed by atoms with van der Waals surface area (Å²) in [4.78, 5) is 61.4. The summed E-state index contributed by atoms with van der Waals surface area (Å²) in [6, 6.07) is -20.0. The Hall–Kier alpha value is -7.16. The van der Waals surface area contributed by atoms with Crippen LogP contribution in [0.25, 0.3) is 0 Å².